The first-order chi connectivity index (χ1) is 10.7. The van der Waals surface area contributed by atoms with Gasteiger partial charge in [0.15, 0.2) is 6.29 Å². The molecule has 0 saturated heterocycles. The molecule has 0 unspecified atom stereocenters. The van der Waals surface area contributed by atoms with Crippen LogP contribution in [0.15, 0.2) is 29.4 Å². The number of aldehydes is 1. The molecule has 0 fully saturated rings. The van der Waals surface area contributed by atoms with Gasteiger partial charge in [0.05, 0.1) is 11.3 Å². The third-order valence-corrected chi connectivity index (χ3v) is 3.77. The second kappa shape index (κ2) is 6.41. The fourth-order valence-corrected chi connectivity index (χ4v) is 2.48. The van der Waals surface area contributed by atoms with E-state index in [1.54, 1.807) is 19.9 Å². The Morgan fingerprint density at radius 1 is 1.22 bits per heavy atom. The fraction of sp³-hybridized carbons (Fsp3) is 0.267. The fourth-order valence-electron chi connectivity index (χ4n) is 1.97. The first-order valence-corrected chi connectivity index (χ1v) is 8.72. The maximum atomic E-state index is 14.1. The summed E-state index contributed by atoms with van der Waals surface area (Å²) in [6, 6.07) is 5.60. The van der Waals surface area contributed by atoms with E-state index in [1.165, 1.54) is 18.2 Å². The van der Waals surface area contributed by atoms with Crippen molar-refractivity contribution in [3.8, 4) is 11.3 Å². The summed E-state index contributed by atoms with van der Waals surface area (Å²) in [6.07, 6.45) is 1.44. The number of nitrogens with one attached hydrogen (secondary N) is 1. The quantitative estimate of drug-likeness (QED) is 0.665. The maximum Gasteiger partial charge on any atom is 0.249 e. The van der Waals surface area contributed by atoms with Crippen LogP contribution in [0.2, 0.25) is 0 Å². The highest BCUT2D eigenvalue weighted by Gasteiger charge is 2.22. The molecule has 8 heteroatoms. The van der Waals surface area contributed by atoms with Crippen LogP contribution >= 0.6 is 0 Å². The van der Waals surface area contributed by atoms with Crippen LogP contribution in [0.25, 0.3) is 11.3 Å². The Hall–Kier alpha value is -2.35. The number of carbonyl (C=O) groups excluding carboxylic acids is 1. The van der Waals surface area contributed by atoms with Gasteiger partial charge in [0.25, 0.3) is 0 Å². The van der Waals surface area contributed by atoms with E-state index in [0.29, 0.717) is 6.29 Å². The molecule has 0 aliphatic carbocycles. The molecule has 1 N–H and O–H groups in total. The third kappa shape index (κ3) is 3.70. The number of halogens is 1. The second-order valence-corrected chi connectivity index (χ2v) is 7.20. The van der Waals surface area contributed by atoms with Crippen LogP contribution in [0.3, 0.4) is 0 Å². The molecule has 0 atom stereocenters. The molecule has 0 saturated carbocycles. The minimum absolute atomic E-state index is 0.0104. The van der Waals surface area contributed by atoms with Gasteiger partial charge in [-0.1, -0.05) is 12.1 Å². The Labute approximate surface area is 133 Å². The first-order valence-electron chi connectivity index (χ1n) is 6.82. The van der Waals surface area contributed by atoms with Gasteiger partial charge in [-0.15, -0.1) is 0 Å². The number of aromatic nitrogens is 2. The molecule has 1 heterocycles. The van der Waals surface area contributed by atoms with E-state index < -0.39 is 20.8 Å². The molecule has 1 aromatic carbocycles. The van der Waals surface area contributed by atoms with Crippen LogP contribution in [-0.2, 0) is 9.84 Å². The van der Waals surface area contributed by atoms with Crippen LogP contribution < -0.4 is 5.32 Å². The van der Waals surface area contributed by atoms with Crippen molar-refractivity contribution in [3.63, 3.8) is 0 Å². The third-order valence-electron chi connectivity index (χ3n) is 2.93. The standard InChI is InChI=1S/C15H16FN3O3S/c1-9(2)17-14-11(8-20)13(10-6-4-5-7-12(10)16)18-15(19-14)23(3,21)22/h4-9H,1-3H3,(H,17,18,19). The van der Waals surface area contributed by atoms with E-state index in [9.17, 15) is 17.6 Å². The molecule has 0 aliphatic rings. The summed E-state index contributed by atoms with van der Waals surface area (Å²) in [4.78, 5) is 19.3. The van der Waals surface area contributed by atoms with E-state index in [0.717, 1.165) is 6.26 Å². The lowest BCUT2D eigenvalue weighted by atomic mass is 10.1. The van der Waals surface area contributed by atoms with Gasteiger partial charge in [-0.3, -0.25) is 4.79 Å². The van der Waals surface area contributed by atoms with E-state index >= 15 is 0 Å². The number of carbonyl (C=O) groups is 1. The maximum absolute atomic E-state index is 14.1. The zero-order chi connectivity index (χ0) is 17.2. The Bertz CT molecular complexity index is 851. The van der Waals surface area contributed by atoms with Crippen molar-refractivity contribution < 1.29 is 17.6 Å². The monoisotopic (exact) mass is 337 g/mol. The summed E-state index contributed by atoms with van der Waals surface area (Å²) in [5.41, 5.74) is -0.0124. The van der Waals surface area contributed by atoms with Gasteiger partial charge in [0.2, 0.25) is 15.0 Å². The minimum atomic E-state index is -3.73. The Morgan fingerprint density at radius 3 is 2.39 bits per heavy atom. The molecule has 0 bridgehead atoms. The highest BCUT2D eigenvalue weighted by molar-refractivity contribution is 7.90. The van der Waals surface area contributed by atoms with E-state index in [-0.39, 0.29) is 28.7 Å². The average molecular weight is 337 g/mol. The van der Waals surface area contributed by atoms with Gasteiger partial charge in [0, 0.05) is 17.9 Å². The molecule has 0 aliphatic heterocycles. The summed E-state index contributed by atoms with van der Waals surface area (Å²) in [5.74, 6) is -0.548. The molecule has 23 heavy (non-hydrogen) atoms. The number of hydrogen-bond donors (Lipinski definition) is 1. The SMILES string of the molecule is CC(C)Nc1nc(S(C)(=O)=O)nc(-c2ccccc2F)c1C=O. The Kier molecular flexibility index (Phi) is 4.74. The van der Waals surface area contributed by atoms with Crippen molar-refractivity contribution in [2.45, 2.75) is 25.0 Å². The summed E-state index contributed by atoms with van der Waals surface area (Å²) in [7, 11) is -3.73. The topological polar surface area (TPSA) is 89.0 Å². The lowest BCUT2D eigenvalue weighted by Gasteiger charge is -2.15. The van der Waals surface area contributed by atoms with Crippen LogP contribution in [0.4, 0.5) is 10.2 Å². The molecular formula is C15H16FN3O3S. The van der Waals surface area contributed by atoms with Crippen LogP contribution in [-0.4, -0.2) is 37.0 Å². The summed E-state index contributed by atoms with van der Waals surface area (Å²) in [5, 5.41) is 2.43. The predicted molar refractivity (Wildman–Crippen MR) is 84.7 cm³/mol. The van der Waals surface area contributed by atoms with Gasteiger partial charge in [-0.25, -0.2) is 22.8 Å². The summed E-state index contributed by atoms with van der Waals surface area (Å²) in [6.45, 7) is 3.61. The minimum Gasteiger partial charge on any atom is -0.367 e. The van der Waals surface area contributed by atoms with Crippen molar-refractivity contribution >= 4 is 21.9 Å². The molecule has 6 nitrogen and oxygen atoms in total. The van der Waals surface area contributed by atoms with Crippen molar-refractivity contribution in [1.29, 1.82) is 0 Å². The van der Waals surface area contributed by atoms with Gasteiger partial charge in [-0.2, -0.15) is 0 Å². The molecule has 2 rings (SSSR count). The molecule has 0 spiro atoms. The van der Waals surface area contributed by atoms with Gasteiger partial charge < -0.3 is 5.32 Å². The van der Waals surface area contributed by atoms with E-state index in [4.69, 9.17) is 0 Å². The van der Waals surface area contributed by atoms with Crippen LogP contribution in [0.1, 0.15) is 24.2 Å². The normalized spacial score (nSPS) is 11.5. The van der Waals surface area contributed by atoms with Crippen molar-refractivity contribution in [2.24, 2.45) is 0 Å². The van der Waals surface area contributed by atoms with Crippen molar-refractivity contribution in [3.05, 3.63) is 35.6 Å². The molecule has 2 aromatic rings. The smallest absolute Gasteiger partial charge is 0.249 e. The van der Waals surface area contributed by atoms with Gasteiger partial charge in [-0.05, 0) is 26.0 Å². The average Bonchev–Trinajstić information content (AvgIpc) is 2.45. The lowest BCUT2D eigenvalue weighted by molar-refractivity contribution is 0.112. The summed E-state index contributed by atoms with van der Waals surface area (Å²) < 4.78 is 37.7. The number of rotatable bonds is 5. The number of sulfone groups is 1. The number of anilines is 1. The van der Waals surface area contributed by atoms with Gasteiger partial charge >= 0.3 is 0 Å². The zero-order valence-electron chi connectivity index (χ0n) is 12.9. The largest absolute Gasteiger partial charge is 0.367 e. The van der Waals surface area contributed by atoms with Gasteiger partial charge in [0.1, 0.15) is 11.6 Å². The lowest BCUT2D eigenvalue weighted by Crippen LogP contribution is -2.17. The molecular weight excluding hydrogens is 321 g/mol. The highest BCUT2D eigenvalue weighted by Crippen LogP contribution is 2.28. The predicted octanol–water partition coefficient (Wildman–Crippen LogP) is 2.32. The van der Waals surface area contributed by atoms with Crippen LogP contribution in [0, 0.1) is 5.82 Å². The number of hydrogen-bond acceptors (Lipinski definition) is 6. The molecule has 0 amide bonds. The Balaban J connectivity index is 2.83. The molecule has 0 radical (unpaired) electrons. The Morgan fingerprint density at radius 2 is 1.87 bits per heavy atom. The number of benzene rings is 1. The van der Waals surface area contributed by atoms with Crippen molar-refractivity contribution in [1.82, 2.24) is 9.97 Å². The first kappa shape index (κ1) is 17.0. The molecule has 122 valence electrons. The van der Waals surface area contributed by atoms with E-state index in [1.807, 2.05) is 0 Å². The number of nitrogens with zero attached hydrogens (tertiary/aromatic N) is 2. The molecule has 1 aromatic heterocycles. The second-order valence-electron chi connectivity index (χ2n) is 5.29. The van der Waals surface area contributed by atoms with Crippen LogP contribution in [0.5, 0.6) is 0 Å². The van der Waals surface area contributed by atoms with E-state index in [2.05, 4.69) is 15.3 Å². The summed E-state index contributed by atoms with van der Waals surface area (Å²) >= 11 is 0. The highest BCUT2D eigenvalue weighted by atomic mass is 32.2. The zero-order valence-corrected chi connectivity index (χ0v) is 13.7. The van der Waals surface area contributed by atoms with Crippen molar-refractivity contribution in [2.75, 3.05) is 11.6 Å².